The highest BCUT2D eigenvalue weighted by atomic mass is 35.5. The van der Waals surface area contributed by atoms with Crippen molar-refractivity contribution in [1.29, 1.82) is 0 Å². The number of hydrogen-bond donors (Lipinski definition) is 3. The number of sulfonamides is 1. The Balaban J connectivity index is 1.82. The lowest BCUT2D eigenvalue weighted by Gasteiger charge is -2.20. The van der Waals surface area contributed by atoms with Crippen LogP contribution in [-0.4, -0.2) is 14.3 Å². The van der Waals surface area contributed by atoms with E-state index in [9.17, 15) is 26.4 Å². The van der Waals surface area contributed by atoms with Crippen LogP contribution in [0.2, 0.25) is 5.02 Å². The highest BCUT2D eigenvalue weighted by Crippen LogP contribution is 2.34. The van der Waals surface area contributed by atoms with Gasteiger partial charge in [-0.05, 0) is 41.5 Å². The Kier molecular flexibility index (Phi) is 7.43. The van der Waals surface area contributed by atoms with Gasteiger partial charge in [0, 0.05) is 6.54 Å². The molecule has 0 spiro atoms. The molecule has 0 saturated heterocycles. The topological polar surface area (TPSA) is 101 Å². The van der Waals surface area contributed by atoms with Gasteiger partial charge in [-0.15, -0.1) is 0 Å². The van der Waals surface area contributed by atoms with Crippen molar-refractivity contribution in [3.63, 3.8) is 0 Å². The van der Waals surface area contributed by atoms with Gasteiger partial charge in [-0.2, -0.15) is 13.2 Å². The Morgan fingerprint density at radius 1 is 1.00 bits per heavy atom. The molecule has 1 atom stereocenters. The number of hydrogen-bond acceptors (Lipinski definition) is 4. The van der Waals surface area contributed by atoms with Gasteiger partial charge in [-0.25, -0.2) is 13.6 Å². The summed E-state index contributed by atoms with van der Waals surface area (Å²) in [4.78, 5) is 13.0. The van der Waals surface area contributed by atoms with Gasteiger partial charge in [0.15, 0.2) is 0 Å². The van der Waals surface area contributed by atoms with Gasteiger partial charge in [-0.3, -0.25) is 10.1 Å². The van der Waals surface area contributed by atoms with Crippen LogP contribution >= 0.6 is 11.6 Å². The zero-order valence-corrected chi connectivity index (χ0v) is 18.5. The Labute approximate surface area is 193 Å². The number of nitrogens with one attached hydrogen (secondary N) is 2. The minimum atomic E-state index is -4.59. The number of carbonyl (C=O) groups is 1. The SMILES string of the molecule is NS(=O)(=O)c1ccc(CN[C@@H](C(=O)Nc2cc(C(F)(F)F)ccc2Cl)c2ccccc2)cc1. The second-order valence-electron chi connectivity index (χ2n) is 7.10. The van der Waals surface area contributed by atoms with Gasteiger partial charge >= 0.3 is 6.18 Å². The highest BCUT2D eigenvalue weighted by Gasteiger charge is 2.31. The van der Waals surface area contributed by atoms with Crippen molar-refractivity contribution >= 4 is 33.2 Å². The van der Waals surface area contributed by atoms with Crippen LogP contribution in [0.1, 0.15) is 22.7 Å². The standard InChI is InChI=1S/C22H19ClF3N3O3S/c23-18-11-8-16(22(24,25)26)12-19(18)29-21(30)20(15-4-2-1-3-5-15)28-13-14-6-9-17(10-7-14)33(27,31)32/h1-12,20,28H,13H2,(H,29,30)(H2,27,31,32)/t20-/m1/s1. The first-order valence-electron chi connectivity index (χ1n) is 9.53. The highest BCUT2D eigenvalue weighted by molar-refractivity contribution is 7.89. The van der Waals surface area contributed by atoms with Crippen LogP contribution in [-0.2, 0) is 27.5 Å². The van der Waals surface area contributed by atoms with Crippen LogP contribution in [0, 0.1) is 0 Å². The predicted molar refractivity (Wildman–Crippen MR) is 119 cm³/mol. The van der Waals surface area contributed by atoms with Gasteiger partial charge in [0.2, 0.25) is 15.9 Å². The molecular weight excluding hydrogens is 479 g/mol. The first-order chi connectivity index (χ1) is 15.4. The number of rotatable bonds is 7. The zero-order valence-electron chi connectivity index (χ0n) is 16.9. The van der Waals surface area contributed by atoms with Crippen molar-refractivity contribution < 1.29 is 26.4 Å². The Morgan fingerprint density at radius 2 is 1.64 bits per heavy atom. The third-order valence-electron chi connectivity index (χ3n) is 4.71. The number of nitrogens with two attached hydrogens (primary N) is 1. The molecule has 0 aliphatic rings. The fraction of sp³-hybridized carbons (Fsp3) is 0.136. The van der Waals surface area contributed by atoms with E-state index in [2.05, 4.69) is 10.6 Å². The Bertz CT molecular complexity index is 1240. The molecule has 0 bridgehead atoms. The number of alkyl halides is 3. The van der Waals surface area contributed by atoms with Crippen LogP contribution in [0.5, 0.6) is 0 Å². The van der Waals surface area contributed by atoms with Gasteiger partial charge in [-0.1, -0.05) is 54.1 Å². The van der Waals surface area contributed by atoms with Crippen molar-refractivity contribution in [2.75, 3.05) is 5.32 Å². The summed E-state index contributed by atoms with van der Waals surface area (Å²) in [6, 6.07) is 16.1. The van der Waals surface area contributed by atoms with E-state index in [0.29, 0.717) is 11.1 Å². The minimum Gasteiger partial charge on any atom is -0.323 e. The fourth-order valence-electron chi connectivity index (χ4n) is 3.03. The Hall–Kier alpha value is -2.92. The third kappa shape index (κ3) is 6.55. The molecule has 0 radical (unpaired) electrons. The summed E-state index contributed by atoms with van der Waals surface area (Å²) in [6.07, 6.45) is -4.59. The van der Waals surface area contributed by atoms with Gasteiger partial charge in [0.1, 0.15) is 6.04 Å². The van der Waals surface area contributed by atoms with Crippen molar-refractivity contribution in [2.24, 2.45) is 5.14 Å². The van der Waals surface area contributed by atoms with E-state index in [0.717, 1.165) is 18.2 Å². The molecule has 3 aromatic rings. The number of amides is 1. The first-order valence-corrected chi connectivity index (χ1v) is 11.5. The molecule has 6 nitrogen and oxygen atoms in total. The average Bonchev–Trinajstić information content (AvgIpc) is 2.75. The van der Waals surface area contributed by atoms with Crippen LogP contribution in [0.4, 0.5) is 18.9 Å². The molecule has 0 aromatic heterocycles. The van der Waals surface area contributed by atoms with Crippen molar-refractivity contribution in [3.05, 3.63) is 94.5 Å². The Morgan fingerprint density at radius 3 is 2.21 bits per heavy atom. The summed E-state index contributed by atoms with van der Waals surface area (Å²) in [6.45, 7) is 0.161. The van der Waals surface area contributed by atoms with Gasteiger partial charge < -0.3 is 5.32 Å². The monoisotopic (exact) mass is 497 g/mol. The van der Waals surface area contributed by atoms with Crippen molar-refractivity contribution in [3.8, 4) is 0 Å². The molecule has 3 aromatic carbocycles. The van der Waals surface area contributed by atoms with E-state index in [-0.39, 0.29) is 22.2 Å². The number of halogens is 4. The van der Waals surface area contributed by atoms with Gasteiger partial charge in [0.05, 0.1) is 21.2 Å². The molecule has 0 unspecified atom stereocenters. The molecule has 174 valence electrons. The van der Waals surface area contributed by atoms with E-state index >= 15 is 0 Å². The molecule has 11 heteroatoms. The van der Waals surface area contributed by atoms with E-state index < -0.39 is 33.7 Å². The maximum absolute atomic E-state index is 13.1. The largest absolute Gasteiger partial charge is 0.416 e. The molecule has 33 heavy (non-hydrogen) atoms. The quantitative estimate of drug-likeness (QED) is 0.448. The van der Waals surface area contributed by atoms with Crippen molar-refractivity contribution in [2.45, 2.75) is 23.7 Å². The first kappa shape index (κ1) is 24.7. The summed E-state index contributed by atoms with van der Waals surface area (Å²) >= 11 is 6.00. The number of anilines is 1. The lowest BCUT2D eigenvalue weighted by molar-refractivity contribution is -0.137. The molecule has 1 amide bonds. The molecule has 0 aliphatic carbocycles. The second-order valence-corrected chi connectivity index (χ2v) is 9.06. The van der Waals surface area contributed by atoms with Gasteiger partial charge in [0.25, 0.3) is 0 Å². The number of primary sulfonamides is 1. The van der Waals surface area contributed by atoms with Crippen LogP contribution < -0.4 is 15.8 Å². The number of carbonyl (C=O) groups excluding carboxylic acids is 1. The van der Waals surface area contributed by atoms with E-state index in [4.69, 9.17) is 16.7 Å². The molecular formula is C22H19ClF3N3O3S. The summed E-state index contributed by atoms with van der Waals surface area (Å²) in [7, 11) is -3.84. The maximum Gasteiger partial charge on any atom is 0.416 e. The predicted octanol–water partition coefficient (Wildman–Crippen LogP) is 4.48. The smallest absolute Gasteiger partial charge is 0.323 e. The molecule has 3 rings (SSSR count). The lowest BCUT2D eigenvalue weighted by Crippen LogP contribution is -2.33. The van der Waals surface area contributed by atoms with Crippen LogP contribution in [0.15, 0.2) is 77.7 Å². The molecule has 0 saturated carbocycles. The fourth-order valence-corrected chi connectivity index (χ4v) is 3.71. The van der Waals surface area contributed by atoms with Crippen LogP contribution in [0.3, 0.4) is 0 Å². The minimum absolute atomic E-state index is 0.0401. The van der Waals surface area contributed by atoms with Crippen molar-refractivity contribution in [1.82, 2.24) is 5.32 Å². The zero-order chi connectivity index (χ0) is 24.2. The van der Waals surface area contributed by atoms with E-state index in [1.54, 1.807) is 30.3 Å². The molecule has 4 N–H and O–H groups in total. The van der Waals surface area contributed by atoms with E-state index in [1.165, 1.54) is 24.3 Å². The number of benzene rings is 3. The normalized spacial score (nSPS) is 12.9. The maximum atomic E-state index is 13.1. The molecule has 0 aliphatic heterocycles. The average molecular weight is 498 g/mol. The third-order valence-corrected chi connectivity index (χ3v) is 5.97. The van der Waals surface area contributed by atoms with Crippen LogP contribution in [0.25, 0.3) is 0 Å². The summed E-state index contributed by atoms with van der Waals surface area (Å²) in [5, 5.41) is 10.5. The summed E-state index contributed by atoms with van der Waals surface area (Å²) < 4.78 is 62.0. The summed E-state index contributed by atoms with van der Waals surface area (Å²) in [5.41, 5.74) is 0.116. The summed E-state index contributed by atoms with van der Waals surface area (Å²) in [5.74, 6) is -0.622. The molecule has 0 heterocycles. The lowest BCUT2D eigenvalue weighted by atomic mass is 10.1. The van der Waals surface area contributed by atoms with E-state index in [1.807, 2.05) is 0 Å². The molecule has 0 fully saturated rings. The second kappa shape index (κ2) is 9.92.